The standard InChI is InChI=1S/C16H13N3O2S/c1-11(20)12-4-2-6-14(8-12)19-15(21)10-22-16-13(9-17)5-3-7-18-16/h2-8H,10H2,1H3,(H,19,21). The quantitative estimate of drug-likeness (QED) is 0.678. The van der Waals surface area contributed by atoms with Gasteiger partial charge >= 0.3 is 0 Å². The maximum absolute atomic E-state index is 11.9. The Labute approximate surface area is 132 Å². The molecule has 2 rings (SSSR count). The highest BCUT2D eigenvalue weighted by Crippen LogP contribution is 2.19. The van der Waals surface area contributed by atoms with Crippen LogP contribution in [0.5, 0.6) is 0 Å². The van der Waals surface area contributed by atoms with Gasteiger partial charge < -0.3 is 5.32 Å². The van der Waals surface area contributed by atoms with Crippen LogP contribution >= 0.6 is 11.8 Å². The number of anilines is 1. The van der Waals surface area contributed by atoms with Crippen LogP contribution < -0.4 is 5.32 Å². The molecule has 0 radical (unpaired) electrons. The third-order valence-electron chi connectivity index (χ3n) is 2.78. The molecule has 1 aromatic heterocycles. The Kier molecular flexibility index (Phi) is 5.28. The van der Waals surface area contributed by atoms with Crippen molar-refractivity contribution in [1.82, 2.24) is 4.98 Å². The van der Waals surface area contributed by atoms with Crippen molar-refractivity contribution in [3.8, 4) is 6.07 Å². The number of nitrogens with zero attached hydrogens (tertiary/aromatic N) is 2. The first-order valence-electron chi connectivity index (χ1n) is 6.49. The Bertz CT molecular complexity index is 753. The SMILES string of the molecule is CC(=O)c1cccc(NC(=O)CSc2ncccc2C#N)c1. The molecule has 0 bridgehead atoms. The number of hydrogen-bond donors (Lipinski definition) is 1. The summed E-state index contributed by atoms with van der Waals surface area (Å²) in [6.07, 6.45) is 1.58. The van der Waals surface area contributed by atoms with Gasteiger partial charge in [0, 0.05) is 17.4 Å². The first kappa shape index (κ1) is 15.7. The van der Waals surface area contributed by atoms with Gasteiger partial charge in [0.1, 0.15) is 11.1 Å². The molecule has 22 heavy (non-hydrogen) atoms. The van der Waals surface area contributed by atoms with E-state index in [1.165, 1.54) is 18.7 Å². The highest BCUT2D eigenvalue weighted by molar-refractivity contribution is 8.00. The van der Waals surface area contributed by atoms with Crippen LogP contribution in [0, 0.1) is 11.3 Å². The van der Waals surface area contributed by atoms with Crippen molar-refractivity contribution in [3.05, 3.63) is 53.7 Å². The number of nitriles is 1. The molecule has 0 aliphatic carbocycles. The van der Waals surface area contributed by atoms with Crippen LogP contribution in [0.4, 0.5) is 5.69 Å². The minimum Gasteiger partial charge on any atom is -0.325 e. The summed E-state index contributed by atoms with van der Waals surface area (Å²) in [5.41, 5.74) is 1.56. The second-order valence-corrected chi connectivity index (χ2v) is 5.41. The molecule has 0 aliphatic heterocycles. The van der Waals surface area contributed by atoms with Crippen LogP contribution in [0.3, 0.4) is 0 Å². The van der Waals surface area contributed by atoms with Gasteiger partial charge in [-0.3, -0.25) is 9.59 Å². The van der Waals surface area contributed by atoms with Crippen molar-refractivity contribution in [2.75, 3.05) is 11.1 Å². The predicted octanol–water partition coefficient (Wildman–Crippen LogP) is 2.89. The fourth-order valence-electron chi connectivity index (χ4n) is 1.74. The lowest BCUT2D eigenvalue weighted by Gasteiger charge is -2.06. The van der Waals surface area contributed by atoms with E-state index in [9.17, 15) is 9.59 Å². The van der Waals surface area contributed by atoms with Gasteiger partial charge in [0.2, 0.25) is 5.91 Å². The van der Waals surface area contributed by atoms with Gasteiger partial charge in [0.25, 0.3) is 0 Å². The Morgan fingerprint density at radius 3 is 2.86 bits per heavy atom. The summed E-state index contributed by atoms with van der Waals surface area (Å²) in [5.74, 6) is -0.145. The molecule has 0 aliphatic rings. The van der Waals surface area contributed by atoms with E-state index in [-0.39, 0.29) is 17.4 Å². The molecule has 2 aromatic rings. The van der Waals surface area contributed by atoms with E-state index in [2.05, 4.69) is 10.3 Å². The number of carbonyl (C=O) groups excluding carboxylic acids is 2. The van der Waals surface area contributed by atoms with Gasteiger partial charge in [-0.05, 0) is 31.2 Å². The summed E-state index contributed by atoms with van der Waals surface area (Å²) in [6.45, 7) is 1.47. The zero-order chi connectivity index (χ0) is 15.9. The number of thioether (sulfide) groups is 1. The lowest BCUT2D eigenvalue weighted by atomic mass is 10.1. The maximum atomic E-state index is 11.9. The Balaban J connectivity index is 1.98. The fraction of sp³-hybridized carbons (Fsp3) is 0.125. The summed E-state index contributed by atoms with van der Waals surface area (Å²) in [4.78, 5) is 27.3. The average molecular weight is 311 g/mol. The van der Waals surface area contributed by atoms with E-state index in [0.717, 1.165) is 0 Å². The van der Waals surface area contributed by atoms with E-state index in [1.54, 1.807) is 42.6 Å². The van der Waals surface area contributed by atoms with Gasteiger partial charge in [-0.25, -0.2) is 4.98 Å². The number of Topliss-reactive ketones (excluding diaryl/α,β-unsaturated/α-hetero) is 1. The second kappa shape index (κ2) is 7.38. The molecule has 0 unspecified atom stereocenters. The van der Waals surface area contributed by atoms with Crippen molar-refractivity contribution >= 4 is 29.1 Å². The normalized spacial score (nSPS) is 9.82. The Morgan fingerprint density at radius 2 is 2.14 bits per heavy atom. The molecule has 0 saturated carbocycles. The van der Waals surface area contributed by atoms with Crippen molar-refractivity contribution in [1.29, 1.82) is 5.26 Å². The van der Waals surface area contributed by atoms with E-state index in [0.29, 0.717) is 21.8 Å². The van der Waals surface area contributed by atoms with Crippen LogP contribution in [-0.4, -0.2) is 22.4 Å². The molecular formula is C16H13N3O2S. The molecule has 0 spiro atoms. The maximum Gasteiger partial charge on any atom is 0.234 e. The Morgan fingerprint density at radius 1 is 1.32 bits per heavy atom. The van der Waals surface area contributed by atoms with Crippen molar-refractivity contribution in [2.45, 2.75) is 11.9 Å². The summed E-state index contributed by atoms with van der Waals surface area (Å²) >= 11 is 1.20. The smallest absolute Gasteiger partial charge is 0.234 e. The number of carbonyl (C=O) groups is 2. The molecule has 1 N–H and O–H groups in total. The number of aromatic nitrogens is 1. The number of pyridine rings is 1. The largest absolute Gasteiger partial charge is 0.325 e. The predicted molar refractivity (Wildman–Crippen MR) is 84.8 cm³/mol. The van der Waals surface area contributed by atoms with Gasteiger partial charge in [0.05, 0.1) is 11.3 Å². The second-order valence-electron chi connectivity index (χ2n) is 4.44. The molecule has 1 heterocycles. The number of nitrogens with one attached hydrogen (secondary N) is 1. The topological polar surface area (TPSA) is 82.8 Å². The van der Waals surface area contributed by atoms with Crippen LogP contribution in [0.1, 0.15) is 22.8 Å². The van der Waals surface area contributed by atoms with E-state index < -0.39 is 0 Å². The first-order chi connectivity index (χ1) is 10.6. The Hall–Kier alpha value is -2.65. The number of ketones is 1. The molecule has 6 heteroatoms. The molecule has 0 saturated heterocycles. The highest BCUT2D eigenvalue weighted by Gasteiger charge is 2.08. The molecule has 0 fully saturated rings. The van der Waals surface area contributed by atoms with Gasteiger partial charge in [0.15, 0.2) is 5.78 Å². The monoisotopic (exact) mass is 311 g/mol. The average Bonchev–Trinajstić information content (AvgIpc) is 2.53. The summed E-state index contributed by atoms with van der Waals surface area (Å²) in [7, 11) is 0. The van der Waals surface area contributed by atoms with Crippen molar-refractivity contribution < 1.29 is 9.59 Å². The molecular weight excluding hydrogens is 298 g/mol. The number of amides is 1. The summed E-state index contributed by atoms with van der Waals surface area (Å²) in [6, 6.07) is 12.1. The molecule has 0 atom stereocenters. The van der Waals surface area contributed by atoms with Crippen LogP contribution in [0.2, 0.25) is 0 Å². The number of hydrogen-bond acceptors (Lipinski definition) is 5. The molecule has 1 aromatic carbocycles. The van der Waals surface area contributed by atoms with Crippen LogP contribution in [-0.2, 0) is 4.79 Å². The minimum atomic E-state index is -0.222. The van der Waals surface area contributed by atoms with Crippen LogP contribution in [0.25, 0.3) is 0 Å². The van der Waals surface area contributed by atoms with Gasteiger partial charge in [-0.15, -0.1) is 0 Å². The van der Waals surface area contributed by atoms with Gasteiger partial charge in [-0.1, -0.05) is 23.9 Å². The summed E-state index contributed by atoms with van der Waals surface area (Å²) in [5, 5.41) is 12.2. The van der Waals surface area contributed by atoms with E-state index >= 15 is 0 Å². The van der Waals surface area contributed by atoms with E-state index in [4.69, 9.17) is 5.26 Å². The van der Waals surface area contributed by atoms with Crippen molar-refractivity contribution in [2.24, 2.45) is 0 Å². The van der Waals surface area contributed by atoms with Crippen molar-refractivity contribution in [3.63, 3.8) is 0 Å². The lowest BCUT2D eigenvalue weighted by Crippen LogP contribution is -2.14. The number of benzene rings is 1. The van der Waals surface area contributed by atoms with Crippen LogP contribution in [0.15, 0.2) is 47.6 Å². The third-order valence-corrected chi connectivity index (χ3v) is 3.79. The minimum absolute atomic E-state index is 0.0578. The van der Waals surface area contributed by atoms with Gasteiger partial charge in [-0.2, -0.15) is 5.26 Å². The summed E-state index contributed by atoms with van der Waals surface area (Å²) < 4.78 is 0. The molecule has 5 nitrogen and oxygen atoms in total. The molecule has 1 amide bonds. The van der Waals surface area contributed by atoms with E-state index in [1.807, 2.05) is 6.07 Å². The molecule has 110 valence electrons. The first-order valence-corrected chi connectivity index (χ1v) is 7.47. The third kappa shape index (κ3) is 4.17. The zero-order valence-electron chi connectivity index (χ0n) is 11.9. The lowest BCUT2D eigenvalue weighted by molar-refractivity contribution is -0.113. The number of rotatable bonds is 5. The fourth-order valence-corrected chi connectivity index (χ4v) is 2.48. The zero-order valence-corrected chi connectivity index (χ0v) is 12.7. The highest BCUT2D eigenvalue weighted by atomic mass is 32.2.